The van der Waals surface area contributed by atoms with Crippen LogP contribution >= 0.6 is 0 Å². The highest BCUT2D eigenvalue weighted by Gasteiger charge is 2.41. The van der Waals surface area contributed by atoms with E-state index in [9.17, 15) is 4.79 Å². The fourth-order valence-electron chi connectivity index (χ4n) is 10.2. The smallest absolute Gasteiger partial charge is 0.341 e. The van der Waals surface area contributed by atoms with E-state index < -0.39 is 11.4 Å². The molecule has 3 aliphatic heterocycles. The molecular formula is C63H56N4O3. The van der Waals surface area contributed by atoms with Crippen LogP contribution in [0.5, 0.6) is 11.5 Å². The van der Waals surface area contributed by atoms with Gasteiger partial charge >= 0.3 is 5.97 Å². The molecule has 0 saturated carbocycles. The van der Waals surface area contributed by atoms with Crippen LogP contribution in [0, 0.1) is 0 Å². The number of ether oxygens (including phenoxy) is 2. The summed E-state index contributed by atoms with van der Waals surface area (Å²) in [7, 11) is 1.43. The number of aromatic nitrogens is 4. The van der Waals surface area contributed by atoms with Gasteiger partial charge in [0.15, 0.2) is 0 Å². The maximum atomic E-state index is 13.9. The quantitative estimate of drug-likeness (QED) is 0.168. The van der Waals surface area contributed by atoms with Crippen LogP contribution in [-0.2, 0) is 21.0 Å². The Bertz CT molecular complexity index is 3620. The lowest BCUT2D eigenvalue weighted by molar-refractivity contribution is 0.0597. The molecule has 0 atom stereocenters. The Morgan fingerprint density at radius 2 is 0.871 bits per heavy atom. The number of hydrogen-bond acceptors (Lipinski definition) is 5. The number of fused-ring (bicyclic) bond motifs is 10. The van der Waals surface area contributed by atoms with E-state index in [0.29, 0.717) is 17.1 Å². The van der Waals surface area contributed by atoms with Crippen LogP contribution in [0.1, 0.15) is 111 Å². The van der Waals surface area contributed by atoms with Gasteiger partial charge in [0.05, 0.1) is 29.9 Å². The summed E-state index contributed by atoms with van der Waals surface area (Å²) in [6, 6.07) is 48.7. The Balaban J connectivity index is 1.31. The number of carbonyl (C=O) groups is 1. The van der Waals surface area contributed by atoms with E-state index in [2.05, 4.69) is 205 Å². The third-order valence-corrected chi connectivity index (χ3v) is 14.1. The number of aromatic amines is 2. The van der Waals surface area contributed by atoms with Gasteiger partial charge in [0, 0.05) is 66.4 Å². The van der Waals surface area contributed by atoms with Gasteiger partial charge in [0.25, 0.3) is 0 Å². The first-order valence-electron chi connectivity index (χ1n) is 24.1. The average molecular weight is 917 g/mol. The molecule has 346 valence electrons. The van der Waals surface area contributed by atoms with Crippen LogP contribution in [-0.4, -0.2) is 33.0 Å². The van der Waals surface area contributed by atoms with Gasteiger partial charge in [-0.3, -0.25) is 0 Å². The van der Waals surface area contributed by atoms with Crippen molar-refractivity contribution in [1.29, 1.82) is 0 Å². The van der Waals surface area contributed by atoms with Gasteiger partial charge < -0.3 is 19.4 Å². The molecule has 8 aromatic rings. The average Bonchev–Trinajstić information content (AvgIpc) is 4.20. The van der Waals surface area contributed by atoms with Crippen molar-refractivity contribution in [3.8, 4) is 56.0 Å². The van der Waals surface area contributed by atoms with Gasteiger partial charge in [0.1, 0.15) is 17.1 Å². The number of carbonyl (C=O) groups excluding carboxylic acids is 1. The first-order valence-corrected chi connectivity index (χ1v) is 24.1. The van der Waals surface area contributed by atoms with Crippen LogP contribution in [0.3, 0.4) is 0 Å². The highest BCUT2D eigenvalue weighted by Crippen LogP contribution is 2.55. The first kappa shape index (κ1) is 44.5. The molecule has 11 rings (SSSR count). The molecule has 6 heterocycles. The standard InChI is InChI=1S/C63H56N4O3/c1-61(2,3)40-33-42(58-44(35-40)63(7,8)45-36-41(62(4,5)6)34-43(59(45)70-58)60(68)69-9)57-52-31-29-50(66-52)55(38-21-15-11-16-22-38)48-27-25-46(64-48)54(37-19-13-10-14-20-37)47-26-28-49(65-47)56(39-23-17-12-18-24-39)51-30-32-53(57)67-51/h10-36,64,67H,1-9H3. The molecule has 0 amide bonds. The molecule has 2 N–H and O–H groups in total. The van der Waals surface area contributed by atoms with E-state index in [1.165, 1.54) is 7.11 Å². The van der Waals surface area contributed by atoms with Crippen LogP contribution in [0.2, 0.25) is 0 Å². The molecule has 3 aliphatic rings. The van der Waals surface area contributed by atoms with Gasteiger partial charge in [-0.15, -0.1) is 0 Å². The van der Waals surface area contributed by atoms with Crippen molar-refractivity contribution in [3.05, 3.63) is 190 Å². The second-order valence-corrected chi connectivity index (χ2v) is 21.1. The molecule has 7 nitrogen and oxygen atoms in total. The van der Waals surface area contributed by atoms with E-state index in [-0.39, 0.29) is 10.8 Å². The molecule has 8 bridgehead atoms. The maximum absolute atomic E-state index is 13.9. The molecule has 5 aromatic carbocycles. The lowest BCUT2D eigenvalue weighted by Crippen LogP contribution is -2.28. The monoisotopic (exact) mass is 916 g/mol. The second kappa shape index (κ2) is 16.6. The lowest BCUT2D eigenvalue weighted by Gasteiger charge is -2.39. The zero-order valence-electron chi connectivity index (χ0n) is 41.2. The number of esters is 1. The third kappa shape index (κ3) is 7.57. The summed E-state index contributed by atoms with van der Waals surface area (Å²) in [5.41, 5.74) is 18.1. The summed E-state index contributed by atoms with van der Waals surface area (Å²) < 4.78 is 12.8. The van der Waals surface area contributed by atoms with Gasteiger partial charge in [-0.1, -0.05) is 159 Å². The summed E-state index contributed by atoms with van der Waals surface area (Å²) in [4.78, 5) is 32.8. The molecular weight excluding hydrogens is 861 g/mol. The van der Waals surface area contributed by atoms with Crippen molar-refractivity contribution in [3.63, 3.8) is 0 Å². The Kier molecular flexibility index (Phi) is 10.5. The Morgan fingerprint density at radius 1 is 0.500 bits per heavy atom. The van der Waals surface area contributed by atoms with Gasteiger partial charge in [-0.25, -0.2) is 14.8 Å². The summed E-state index contributed by atoms with van der Waals surface area (Å²) in [6.45, 7) is 17.7. The lowest BCUT2D eigenvalue weighted by atomic mass is 9.70. The molecule has 0 unspecified atom stereocenters. The molecule has 3 aromatic heterocycles. The molecule has 7 heteroatoms. The number of benzene rings is 5. The van der Waals surface area contributed by atoms with Crippen LogP contribution in [0.15, 0.2) is 140 Å². The highest BCUT2D eigenvalue weighted by atomic mass is 16.5. The second-order valence-electron chi connectivity index (χ2n) is 21.1. The normalized spacial score (nSPS) is 13.7. The summed E-state index contributed by atoms with van der Waals surface area (Å²) in [5, 5.41) is 0. The Hall–Kier alpha value is -8.03. The minimum Gasteiger partial charge on any atom is -0.465 e. The largest absolute Gasteiger partial charge is 0.465 e. The van der Waals surface area contributed by atoms with E-state index in [4.69, 9.17) is 19.4 Å². The van der Waals surface area contributed by atoms with E-state index in [1.807, 2.05) is 24.3 Å². The van der Waals surface area contributed by atoms with Crippen LogP contribution in [0.25, 0.3) is 90.9 Å². The van der Waals surface area contributed by atoms with Crippen molar-refractivity contribution >= 4 is 52.3 Å². The predicted octanol–water partition coefficient (Wildman–Crippen LogP) is 16.1. The molecule has 0 saturated heterocycles. The van der Waals surface area contributed by atoms with Gasteiger partial charge in [-0.2, -0.15) is 0 Å². The zero-order chi connectivity index (χ0) is 48.7. The number of H-pyrrole nitrogens is 2. The van der Waals surface area contributed by atoms with Crippen molar-refractivity contribution in [1.82, 2.24) is 19.9 Å². The number of methoxy groups -OCH3 is 1. The summed E-state index contributed by atoms with van der Waals surface area (Å²) in [5.74, 6) is 0.733. The summed E-state index contributed by atoms with van der Waals surface area (Å²) >= 11 is 0. The maximum Gasteiger partial charge on any atom is 0.341 e. The fourth-order valence-corrected chi connectivity index (χ4v) is 10.2. The molecule has 0 radical (unpaired) electrons. The Morgan fingerprint density at radius 3 is 1.27 bits per heavy atom. The number of nitrogens with zero attached hydrogens (tertiary/aromatic N) is 2. The number of hydrogen-bond donors (Lipinski definition) is 2. The number of nitrogens with one attached hydrogen (secondary N) is 2. The van der Waals surface area contributed by atoms with Gasteiger partial charge in [-0.05, 0) is 99.3 Å². The molecule has 0 fully saturated rings. The third-order valence-electron chi connectivity index (χ3n) is 14.1. The van der Waals surface area contributed by atoms with E-state index >= 15 is 0 Å². The predicted molar refractivity (Wildman–Crippen MR) is 288 cm³/mol. The van der Waals surface area contributed by atoms with Gasteiger partial charge in [0.2, 0.25) is 0 Å². The summed E-state index contributed by atoms with van der Waals surface area (Å²) in [6.07, 6.45) is 8.50. The van der Waals surface area contributed by atoms with E-state index in [0.717, 1.165) is 112 Å². The first-order chi connectivity index (χ1) is 33.6. The van der Waals surface area contributed by atoms with E-state index in [1.54, 1.807) is 0 Å². The fraction of sp³-hybridized carbons (Fsp3) is 0.190. The van der Waals surface area contributed by atoms with Crippen molar-refractivity contribution in [2.45, 2.75) is 71.6 Å². The van der Waals surface area contributed by atoms with Crippen molar-refractivity contribution in [2.24, 2.45) is 0 Å². The van der Waals surface area contributed by atoms with Crippen LogP contribution in [0.4, 0.5) is 0 Å². The highest BCUT2D eigenvalue weighted by molar-refractivity contribution is 6.01. The SMILES string of the molecule is COC(=O)c1cc(C(C)(C)C)cc2c1Oc1c(-c3c4nc(c(-c5ccccc5)c5ccc([nH]5)c(-c5ccccc5)c5nc(c(-c6ccccc6)c6ccc3[nH]6)C=C5)C=C4)cc(C(C)(C)C)cc1C2(C)C. The van der Waals surface area contributed by atoms with Crippen molar-refractivity contribution in [2.75, 3.05) is 7.11 Å². The van der Waals surface area contributed by atoms with Crippen molar-refractivity contribution < 1.29 is 14.3 Å². The Labute approximate surface area is 409 Å². The van der Waals surface area contributed by atoms with Crippen LogP contribution < -0.4 is 4.74 Å². The topological polar surface area (TPSA) is 92.9 Å². The minimum absolute atomic E-state index is 0.243. The zero-order valence-corrected chi connectivity index (χ0v) is 41.2. The molecule has 70 heavy (non-hydrogen) atoms. The molecule has 0 spiro atoms. The minimum atomic E-state index is -0.599. The number of rotatable bonds is 5. The molecule has 0 aliphatic carbocycles.